The Hall–Kier alpha value is -3.08. The van der Waals surface area contributed by atoms with Gasteiger partial charge in [0.1, 0.15) is 18.3 Å². The minimum Gasteiger partial charge on any atom is -0.492 e. The normalized spacial score (nSPS) is 15.7. The molecule has 1 aliphatic rings. The Morgan fingerprint density at radius 1 is 1.17 bits per heavy atom. The van der Waals surface area contributed by atoms with Crippen molar-refractivity contribution in [3.63, 3.8) is 0 Å². The highest BCUT2D eigenvalue weighted by Gasteiger charge is 2.30. The van der Waals surface area contributed by atoms with Crippen LogP contribution in [0.3, 0.4) is 0 Å². The van der Waals surface area contributed by atoms with Crippen LogP contribution in [-0.2, 0) is 4.79 Å². The van der Waals surface area contributed by atoms with E-state index < -0.39 is 0 Å². The Morgan fingerprint density at radius 3 is 2.96 bits per heavy atom. The molecule has 1 aromatic heterocycles. The third-order valence-corrected chi connectivity index (χ3v) is 3.96. The fourth-order valence-electron chi connectivity index (χ4n) is 2.79. The lowest BCUT2D eigenvalue weighted by molar-refractivity contribution is -0.117. The molecule has 0 saturated carbocycles. The van der Waals surface area contributed by atoms with Crippen LogP contribution in [-0.4, -0.2) is 22.7 Å². The smallest absolute Gasteiger partial charge is 0.235 e. The lowest BCUT2D eigenvalue weighted by Gasteiger charge is -2.11. The van der Waals surface area contributed by atoms with Gasteiger partial charge in [-0.2, -0.15) is 5.10 Å². The molecule has 0 fully saturated rings. The molecule has 4 rings (SSSR count). The van der Waals surface area contributed by atoms with Gasteiger partial charge in [-0.05, 0) is 24.3 Å². The number of fused-ring (bicyclic) bond motifs is 1. The maximum atomic E-state index is 12.6. The molecule has 23 heavy (non-hydrogen) atoms. The number of amides is 1. The molecule has 1 amide bonds. The highest BCUT2D eigenvalue weighted by molar-refractivity contribution is 5.97. The molecule has 3 aromatic rings. The second kappa shape index (κ2) is 5.61. The first-order valence-corrected chi connectivity index (χ1v) is 7.44. The van der Waals surface area contributed by atoms with Crippen molar-refractivity contribution in [2.45, 2.75) is 5.92 Å². The van der Waals surface area contributed by atoms with Gasteiger partial charge in [0.05, 0.1) is 5.69 Å². The third-order valence-electron chi connectivity index (χ3n) is 3.96. The Kier molecular flexibility index (Phi) is 3.31. The third kappa shape index (κ3) is 2.57. The molecule has 2 aromatic carbocycles. The number of aromatic amines is 1. The maximum Gasteiger partial charge on any atom is 0.235 e. The zero-order chi connectivity index (χ0) is 15.6. The van der Waals surface area contributed by atoms with E-state index in [0.717, 1.165) is 28.3 Å². The largest absolute Gasteiger partial charge is 0.492 e. The molecule has 1 aliphatic heterocycles. The molecular formula is C18H15N3O2. The number of aromatic nitrogens is 2. The molecule has 0 unspecified atom stereocenters. The zero-order valence-electron chi connectivity index (χ0n) is 12.3. The van der Waals surface area contributed by atoms with E-state index in [1.807, 2.05) is 54.6 Å². The van der Waals surface area contributed by atoms with Crippen molar-refractivity contribution in [2.24, 2.45) is 0 Å². The number of hydrogen-bond donors (Lipinski definition) is 2. The molecule has 0 bridgehead atoms. The van der Waals surface area contributed by atoms with Gasteiger partial charge in [-0.1, -0.05) is 30.3 Å². The summed E-state index contributed by atoms with van der Waals surface area (Å²) in [5.41, 5.74) is 3.58. The number of nitrogens with zero attached hydrogens (tertiary/aromatic N) is 1. The number of benzene rings is 2. The first-order valence-electron chi connectivity index (χ1n) is 7.44. The SMILES string of the molecule is O=C(Nc1cccc(-c2ccn[nH]2)c1)[C@H]1COc2ccccc21. The van der Waals surface area contributed by atoms with Crippen molar-refractivity contribution >= 4 is 11.6 Å². The summed E-state index contributed by atoms with van der Waals surface area (Å²) in [4.78, 5) is 12.6. The predicted octanol–water partition coefficient (Wildman–Crippen LogP) is 3.19. The Balaban J connectivity index is 1.55. The average molecular weight is 305 g/mol. The van der Waals surface area contributed by atoms with Crippen LogP contribution in [0.25, 0.3) is 11.3 Å². The van der Waals surface area contributed by atoms with Crippen LogP contribution in [0.4, 0.5) is 5.69 Å². The number of carbonyl (C=O) groups is 1. The van der Waals surface area contributed by atoms with Crippen LogP contribution in [0, 0.1) is 0 Å². The van der Waals surface area contributed by atoms with Crippen LogP contribution >= 0.6 is 0 Å². The first kappa shape index (κ1) is 13.6. The van der Waals surface area contributed by atoms with Crippen LogP contribution in [0.5, 0.6) is 5.75 Å². The second-order valence-corrected chi connectivity index (χ2v) is 5.44. The number of hydrogen-bond acceptors (Lipinski definition) is 3. The van der Waals surface area contributed by atoms with Gasteiger partial charge in [0.15, 0.2) is 0 Å². The number of ether oxygens (including phenoxy) is 1. The summed E-state index contributed by atoms with van der Waals surface area (Å²) in [6, 6.07) is 17.2. The monoisotopic (exact) mass is 305 g/mol. The summed E-state index contributed by atoms with van der Waals surface area (Å²) in [7, 11) is 0. The lowest BCUT2D eigenvalue weighted by Crippen LogP contribution is -2.22. The molecule has 2 heterocycles. The topological polar surface area (TPSA) is 67.0 Å². The molecule has 5 nitrogen and oxygen atoms in total. The van der Waals surface area contributed by atoms with Crippen molar-refractivity contribution in [2.75, 3.05) is 11.9 Å². The molecule has 0 aliphatic carbocycles. The number of para-hydroxylation sites is 1. The summed E-state index contributed by atoms with van der Waals surface area (Å²) in [5, 5.41) is 9.84. The summed E-state index contributed by atoms with van der Waals surface area (Å²) in [6.07, 6.45) is 1.70. The van der Waals surface area contributed by atoms with E-state index in [9.17, 15) is 4.79 Å². The number of anilines is 1. The van der Waals surface area contributed by atoms with Gasteiger partial charge < -0.3 is 10.1 Å². The molecule has 5 heteroatoms. The summed E-state index contributed by atoms with van der Waals surface area (Å²) in [6.45, 7) is 0.380. The molecule has 2 N–H and O–H groups in total. The van der Waals surface area contributed by atoms with Gasteiger partial charge in [-0.3, -0.25) is 9.89 Å². The molecule has 0 spiro atoms. The predicted molar refractivity (Wildman–Crippen MR) is 87.3 cm³/mol. The summed E-state index contributed by atoms with van der Waals surface area (Å²) >= 11 is 0. The van der Waals surface area contributed by atoms with Gasteiger partial charge in [0.25, 0.3) is 0 Å². The van der Waals surface area contributed by atoms with Gasteiger partial charge in [-0.15, -0.1) is 0 Å². The Morgan fingerprint density at radius 2 is 2.09 bits per heavy atom. The van der Waals surface area contributed by atoms with Gasteiger partial charge in [-0.25, -0.2) is 0 Å². The molecule has 1 atom stereocenters. The van der Waals surface area contributed by atoms with Crippen molar-refractivity contribution < 1.29 is 9.53 Å². The fourth-order valence-corrected chi connectivity index (χ4v) is 2.79. The highest BCUT2D eigenvalue weighted by atomic mass is 16.5. The summed E-state index contributed by atoms with van der Waals surface area (Å²) in [5.74, 6) is 0.456. The van der Waals surface area contributed by atoms with Gasteiger partial charge in [0.2, 0.25) is 5.91 Å². The van der Waals surface area contributed by atoms with Crippen LogP contribution in [0.2, 0.25) is 0 Å². The van der Waals surface area contributed by atoms with Crippen LogP contribution < -0.4 is 10.1 Å². The van der Waals surface area contributed by atoms with Crippen molar-refractivity contribution in [3.8, 4) is 17.0 Å². The van der Waals surface area contributed by atoms with Crippen molar-refractivity contribution in [1.29, 1.82) is 0 Å². The Bertz CT molecular complexity index is 843. The minimum absolute atomic E-state index is 0.0586. The van der Waals surface area contributed by atoms with Crippen molar-refractivity contribution in [3.05, 3.63) is 66.4 Å². The Labute approximate surface area is 133 Å². The number of H-pyrrole nitrogens is 1. The number of nitrogens with one attached hydrogen (secondary N) is 2. The standard InChI is InChI=1S/C18H15N3O2/c22-18(15-11-23-17-7-2-1-6-14(15)17)20-13-5-3-4-12(10-13)16-8-9-19-21-16/h1-10,15H,11H2,(H,19,21)(H,20,22)/t15-/m0/s1. The molecule has 0 saturated heterocycles. The van der Waals surface area contributed by atoms with E-state index in [4.69, 9.17) is 4.74 Å². The second-order valence-electron chi connectivity index (χ2n) is 5.44. The van der Waals surface area contributed by atoms with Gasteiger partial charge >= 0.3 is 0 Å². The minimum atomic E-state index is -0.276. The first-order chi connectivity index (χ1) is 11.3. The van der Waals surface area contributed by atoms with E-state index in [2.05, 4.69) is 15.5 Å². The average Bonchev–Trinajstić information content (AvgIpc) is 3.25. The molecule has 114 valence electrons. The van der Waals surface area contributed by atoms with E-state index in [0.29, 0.717) is 6.61 Å². The van der Waals surface area contributed by atoms with E-state index >= 15 is 0 Å². The zero-order valence-corrected chi connectivity index (χ0v) is 12.3. The summed E-state index contributed by atoms with van der Waals surface area (Å²) < 4.78 is 5.58. The highest BCUT2D eigenvalue weighted by Crippen LogP contribution is 2.34. The fraction of sp³-hybridized carbons (Fsp3) is 0.111. The van der Waals surface area contributed by atoms with E-state index in [1.165, 1.54) is 0 Å². The number of rotatable bonds is 3. The maximum absolute atomic E-state index is 12.6. The van der Waals surface area contributed by atoms with E-state index in [1.54, 1.807) is 6.20 Å². The quantitative estimate of drug-likeness (QED) is 0.781. The van der Waals surface area contributed by atoms with Crippen molar-refractivity contribution in [1.82, 2.24) is 10.2 Å². The van der Waals surface area contributed by atoms with E-state index in [-0.39, 0.29) is 11.8 Å². The van der Waals surface area contributed by atoms with Crippen LogP contribution in [0.1, 0.15) is 11.5 Å². The molecular weight excluding hydrogens is 290 g/mol. The van der Waals surface area contributed by atoms with Crippen LogP contribution in [0.15, 0.2) is 60.8 Å². The van der Waals surface area contributed by atoms with Gasteiger partial charge in [0, 0.05) is 23.0 Å². The molecule has 0 radical (unpaired) electrons. The lowest BCUT2D eigenvalue weighted by atomic mass is 10.0. The number of carbonyl (C=O) groups excluding carboxylic acids is 1.